The van der Waals surface area contributed by atoms with Crippen molar-refractivity contribution in [1.82, 2.24) is 0 Å². The minimum Gasteiger partial charge on any atom is -0.378 e. The SMILES string of the molecule is N#CC1(CC=S)COC1. The Bertz CT molecular complexity index is 157. The van der Waals surface area contributed by atoms with Crippen LogP contribution in [0, 0.1) is 16.7 Å². The van der Waals surface area contributed by atoms with Gasteiger partial charge in [0.15, 0.2) is 0 Å². The molecule has 0 aromatic heterocycles. The van der Waals surface area contributed by atoms with Crippen LogP contribution in [0.2, 0.25) is 0 Å². The maximum Gasteiger partial charge on any atom is 0.108 e. The minimum atomic E-state index is -0.262. The Morgan fingerprint density at radius 3 is 2.56 bits per heavy atom. The molecule has 1 aliphatic rings. The summed E-state index contributed by atoms with van der Waals surface area (Å²) in [5.41, 5.74) is -0.262. The van der Waals surface area contributed by atoms with E-state index < -0.39 is 0 Å². The lowest BCUT2D eigenvalue weighted by Gasteiger charge is -2.33. The van der Waals surface area contributed by atoms with E-state index in [9.17, 15) is 0 Å². The molecule has 0 spiro atoms. The van der Waals surface area contributed by atoms with E-state index in [-0.39, 0.29) is 5.41 Å². The average molecular weight is 141 g/mol. The monoisotopic (exact) mass is 141 g/mol. The van der Waals surface area contributed by atoms with Gasteiger partial charge in [-0.25, -0.2) is 0 Å². The Morgan fingerprint density at radius 1 is 1.78 bits per heavy atom. The fraction of sp³-hybridized carbons (Fsp3) is 0.667. The number of nitriles is 1. The first kappa shape index (κ1) is 6.66. The summed E-state index contributed by atoms with van der Waals surface area (Å²) in [6, 6.07) is 2.19. The van der Waals surface area contributed by atoms with Gasteiger partial charge < -0.3 is 4.74 Å². The third-order valence-electron chi connectivity index (χ3n) is 1.47. The van der Waals surface area contributed by atoms with Crippen molar-refractivity contribution < 1.29 is 4.74 Å². The molecular formula is C6H7NOS. The van der Waals surface area contributed by atoms with Gasteiger partial charge in [-0.05, 0) is 11.8 Å². The summed E-state index contributed by atoms with van der Waals surface area (Å²) in [5.74, 6) is 0. The Hall–Kier alpha value is -0.460. The molecule has 1 heterocycles. The minimum absolute atomic E-state index is 0.262. The topological polar surface area (TPSA) is 33.0 Å². The van der Waals surface area contributed by atoms with Crippen molar-refractivity contribution in [2.24, 2.45) is 5.41 Å². The van der Waals surface area contributed by atoms with E-state index in [4.69, 9.17) is 10.00 Å². The summed E-state index contributed by atoms with van der Waals surface area (Å²) in [5, 5.41) is 10.2. The lowest BCUT2D eigenvalue weighted by atomic mass is 9.85. The van der Waals surface area contributed by atoms with Crippen LogP contribution < -0.4 is 0 Å². The summed E-state index contributed by atoms with van der Waals surface area (Å²) < 4.78 is 4.89. The summed E-state index contributed by atoms with van der Waals surface area (Å²) in [6.07, 6.45) is 0.679. The van der Waals surface area contributed by atoms with Crippen LogP contribution >= 0.6 is 12.2 Å². The van der Waals surface area contributed by atoms with Gasteiger partial charge >= 0.3 is 0 Å². The summed E-state index contributed by atoms with van der Waals surface area (Å²) in [6.45, 7) is 1.10. The van der Waals surface area contributed by atoms with E-state index >= 15 is 0 Å². The molecule has 0 aromatic rings. The van der Waals surface area contributed by atoms with Gasteiger partial charge in [-0.2, -0.15) is 5.26 Å². The zero-order chi connectivity index (χ0) is 6.74. The van der Waals surface area contributed by atoms with E-state index in [2.05, 4.69) is 18.3 Å². The van der Waals surface area contributed by atoms with Gasteiger partial charge in [0, 0.05) is 0 Å². The molecule has 3 heteroatoms. The Kier molecular flexibility index (Phi) is 1.79. The lowest BCUT2D eigenvalue weighted by molar-refractivity contribution is -0.0719. The van der Waals surface area contributed by atoms with Gasteiger partial charge in [-0.3, -0.25) is 0 Å². The highest BCUT2D eigenvalue weighted by molar-refractivity contribution is 7.78. The first-order valence-corrected chi connectivity index (χ1v) is 3.23. The zero-order valence-electron chi connectivity index (χ0n) is 4.96. The first-order valence-electron chi connectivity index (χ1n) is 2.76. The van der Waals surface area contributed by atoms with Gasteiger partial charge in [0.25, 0.3) is 0 Å². The molecule has 9 heavy (non-hydrogen) atoms. The lowest BCUT2D eigenvalue weighted by Crippen LogP contribution is -2.41. The van der Waals surface area contributed by atoms with E-state index in [0.717, 1.165) is 0 Å². The number of hydrogen-bond donors (Lipinski definition) is 0. The molecule has 2 nitrogen and oxygen atoms in total. The number of hydrogen-bond acceptors (Lipinski definition) is 3. The fourth-order valence-electron chi connectivity index (χ4n) is 0.736. The highest BCUT2D eigenvalue weighted by atomic mass is 32.1. The quantitative estimate of drug-likeness (QED) is 0.536. The molecule has 0 aliphatic carbocycles. The van der Waals surface area contributed by atoms with Crippen molar-refractivity contribution in [1.29, 1.82) is 5.26 Å². The highest BCUT2D eigenvalue weighted by Crippen LogP contribution is 2.29. The normalized spacial score (nSPS) is 21.7. The molecule has 1 fully saturated rings. The van der Waals surface area contributed by atoms with Crippen LogP contribution in [0.1, 0.15) is 6.42 Å². The molecule has 0 bridgehead atoms. The van der Waals surface area contributed by atoms with Crippen molar-refractivity contribution in [3.8, 4) is 6.07 Å². The average Bonchev–Trinajstić information content (AvgIpc) is 1.79. The molecule has 48 valence electrons. The molecule has 0 saturated carbocycles. The van der Waals surface area contributed by atoms with Crippen molar-refractivity contribution >= 4 is 17.6 Å². The molecule has 0 N–H and O–H groups in total. The summed E-state index contributed by atoms with van der Waals surface area (Å²) in [4.78, 5) is 0. The summed E-state index contributed by atoms with van der Waals surface area (Å²) in [7, 11) is 0. The third kappa shape index (κ3) is 1.09. The second-order valence-electron chi connectivity index (χ2n) is 2.26. The largest absolute Gasteiger partial charge is 0.378 e. The molecular weight excluding hydrogens is 134 g/mol. The van der Waals surface area contributed by atoms with Crippen molar-refractivity contribution in [2.45, 2.75) is 6.42 Å². The van der Waals surface area contributed by atoms with Crippen LogP contribution in [0.15, 0.2) is 0 Å². The number of thiocarbonyl (C=S) groups is 1. The Morgan fingerprint density at radius 2 is 2.44 bits per heavy atom. The first-order chi connectivity index (χ1) is 4.33. The second-order valence-corrected chi connectivity index (χ2v) is 2.59. The highest BCUT2D eigenvalue weighted by Gasteiger charge is 2.37. The molecule has 0 unspecified atom stereocenters. The van der Waals surface area contributed by atoms with E-state index in [1.54, 1.807) is 5.37 Å². The van der Waals surface area contributed by atoms with Crippen molar-refractivity contribution in [2.75, 3.05) is 13.2 Å². The Balaban J connectivity index is 2.49. The standard InChI is InChI=1S/C6H7NOS/c7-3-6(1-2-9)4-8-5-6/h2H,1,4-5H2. The second kappa shape index (κ2) is 2.42. The molecule has 1 rings (SSSR count). The van der Waals surface area contributed by atoms with Gasteiger partial charge in [0.2, 0.25) is 0 Å². The van der Waals surface area contributed by atoms with Crippen LogP contribution in [0.25, 0.3) is 0 Å². The van der Waals surface area contributed by atoms with E-state index in [1.807, 2.05) is 0 Å². The van der Waals surface area contributed by atoms with Gasteiger partial charge in [-0.15, -0.1) is 0 Å². The van der Waals surface area contributed by atoms with Crippen LogP contribution in [-0.2, 0) is 4.74 Å². The fourth-order valence-corrected chi connectivity index (χ4v) is 1.06. The predicted molar refractivity (Wildman–Crippen MR) is 37.1 cm³/mol. The van der Waals surface area contributed by atoms with Gasteiger partial charge in [0.05, 0.1) is 19.3 Å². The third-order valence-corrected chi connectivity index (χ3v) is 1.63. The summed E-state index contributed by atoms with van der Waals surface area (Å²) >= 11 is 4.63. The predicted octanol–water partition coefficient (Wildman–Crippen LogP) is 0.916. The van der Waals surface area contributed by atoms with Crippen LogP contribution in [0.3, 0.4) is 0 Å². The van der Waals surface area contributed by atoms with E-state index in [1.165, 1.54) is 0 Å². The molecule has 0 amide bonds. The van der Waals surface area contributed by atoms with E-state index in [0.29, 0.717) is 19.6 Å². The number of rotatable bonds is 2. The smallest absolute Gasteiger partial charge is 0.108 e. The molecule has 0 atom stereocenters. The maximum absolute atomic E-state index is 8.57. The molecule has 1 aliphatic heterocycles. The molecule has 1 saturated heterocycles. The van der Waals surface area contributed by atoms with Crippen LogP contribution in [0.5, 0.6) is 0 Å². The van der Waals surface area contributed by atoms with Crippen LogP contribution in [0.4, 0.5) is 0 Å². The number of nitrogens with zero attached hydrogens (tertiary/aromatic N) is 1. The molecule has 0 aromatic carbocycles. The molecule has 0 radical (unpaired) electrons. The van der Waals surface area contributed by atoms with Gasteiger partial charge in [-0.1, -0.05) is 12.2 Å². The number of ether oxygens (including phenoxy) is 1. The van der Waals surface area contributed by atoms with Crippen molar-refractivity contribution in [3.63, 3.8) is 0 Å². The van der Waals surface area contributed by atoms with Gasteiger partial charge in [0.1, 0.15) is 5.41 Å². The zero-order valence-corrected chi connectivity index (χ0v) is 5.78. The Labute approximate surface area is 59.4 Å². The maximum atomic E-state index is 8.57. The van der Waals surface area contributed by atoms with Crippen molar-refractivity contribution in [3.05, 3.63) is 0 Å². The van der Waals surface area contributed by atoms with Crippen LogP contribution in [-0.4, -0.2) is 18.6 Å².